The number of nitrogens with zero attached hydrogens (tertiary/aromatic N) is 1. The summed E-state index contributed by atoms with van der Waals surface area (Å²) in [5.41, 5.74) is -0.985. The van der Waals surface area contributed by atoms with Crippen molar-refractivity contribution in [2.45, 2.75) is 23.7 Å². The van der Waals surface area contributed by atoms with Crippen LogP contribution in [0.15, 0.2) is 10.4 Å². The molecule has 0 fully saturated rings. The zero-order valence-electron chi connectivity index (χ0n) is 7.60. The van der Waals surface area contributed by atoms with Gasteiger partial charge < -0.3 is 5.11 Å². The van der Waals surface area contributed by atoms with Gasteiger partial charge in [-0.15, -0.1) is 11.3 Å². The summed E-state index contributed by atoms with van der Waals surface area (Å²) in [6, 6.07) is 0. The summed E-state index contributed by atoms with van der Waals surface area (Å²) in [6.07, 6.45) is 1.46. The second-order valence-corrected chi connectivity index (χ2v) is 5.48. The normalized spacial score (nSPS) is 14.5. The highest BCUT2D eigenvalue weighted by molar-refractivity contribution is 7.82. The highest BCUT2D eigenvalue weighted by atomic mass is 32.2. The molecular weight excluding hydrogens is 210 g/mol. The first-order valence-corrected chi connectivity index (χ1v) is 5.49. The summed E-state index contributed by atoms with van der Waals surface area (Å²) in [5.74, 6) is 0. The lowest BCUT2D eigenvalue weighted by Crippen LogP contribution is -2.14. The first-order valence-electron chi connectivity index (χ1n) is 3.60. The molecule has 13 heavy (non-hydrogen) atoms. The van der Waals surface area contributed by atoms with Gasteiger partial charge in [-0.1, -0.05) is 0 Å². The van der Waals surface area contributed by atoms with Crippen LogP contribution in [0.4, 0.5) is 0 Å². The topological polar surface area (TPSA) is 59.4 Å². The molecule has 1 atom stereocenters. The van der Waals surface area contributed by atoms with E-state index < -0.39 is 16.7 Å². The maximum Gasteiger partial charge on any atom is 0.200 e. The Bertz CT molecular complexity index is 316. The van der Waals surface area contributed by atoms with Gasteiger partial charge in [0.2, 0.25) is 11.1 Å². The van der Waals surface area contributed by atoms with Crippen molar-refractivity contribution in [2.24, 2.45) is 0 Å². The van der Waals surface area contributed by atoms with Gasteiger partial charge in [0.05, 0.1) is 13.3 Å². The van der Waals surface area contributed by atoms with Crippen LogP contribution in [0.1, 0.15) is 18.9 Å². The first-order chi connectivity index (χ1) is 5.95. The summed E-state index contributed by atoms with van der Waals surface area (Å²) >= 11 is -0.273. The summed E-state index contributed by atoms with van der Waals surface area (Å²) in [5, 5.41) is 10.1. The summed E-state index contributed by atoms with van der Waals surface area (Å²) in [6.45, 7) is 3.26. The minimum Gasteiger partial charge on any atom is -0.383 e. The van der Waals surface area contributed by atoms with Crippen molar-refractivity contribution < 1.29 is 13.5 Å². The van der Waals surface area contributed by atoms with E-state index in [1.807, 2.05) is 0 Å². The Balaban J connectivity index is 2.93. The fraction of sp³-hybridized carbons (Fsp3) is 0.571. The fourth-order valence-corrected chi connectivity index (χ4v) is 2.37. The standard InChI is InChI=1S/C7H11NO3S2/c1-7(2,9)6-8-4-5(12-6)13(10)11-3/h4,9H,1-3H3. The van der Waals surface area contributed by atoms with Gasteiger partial charge in [-0.05, 0) is 13.8 Å². The second kappa shape index (κ2) is 3.83. The Kier molecular flexibility index (Phi) is 3.18. The molecular formula is C7H11NO3S2. The molecule has 1 heterocycles. The molecule has 4 nitrogen and oxygen atoms in total. The zero-order valence-corrected chi connectivity index (χ0v) is 9.24. The van der Waals surface area contributed by atoms with Crippen molar-refractivity contribution in [1.82, 2.24) is 4.98 Å². The minimum absolute atomic E-state index is 0.514. The van der Waals surface area contributed by atoms with Crippen molar-refractivity contribution in [3.05, 3.63) is 11.2 Å². The van der Waals surface area contributed by atoms with Crippen LogP contribution in [-0.4, -0.2) is 21.4 Å². The number of rotatable bonds is 3. The molecule has 0 aliphatic carbocycles. The summed E-state index contributed by atoms with van der Waals surface area (Å²) in [4.78, 5) is 3.95. The average Bonchev–Trinajstić information content (AvgIpc) is 2.50. The average molecular weight is 221 g/mol. The number of aliphatic hydroxyl groups is 1. The number of hydrogen-bond acceptors (Lipinski definition) is 5. The fourth-order valence-electron chi connectivity index (χ4n) is 0.701. The molecule has 1 aromatic rings. The molecule has 1 aromatic heterocycles. The predicted molar refractivity (Wildman–Crippen MR) is 50.8 cm³/mol. The molecule has 0 amide bonds. The predicted octanol–water partition coefficient (Wildman–Crippen LogP) is 1.04. The third-order valence-electron chi connectivity index (χ3n) is 1.32. The number of aromatic nitrogens is 1. The van der Waals surface area contributed by atoms with Crippen LogP contribution in [0.25, 0.3) is 0 Å². The molecule has 6 heteroatoms. The van der Waals surface area contributed by atoms with Crippen LogP contribution < -0.4 is 0 Å². The molecule has 74 valence electrons. The van der Waals surface area contributed by atoms with Gasteiger partial charge in [0, 0.05) is 0 Å². The number of thiazole rings is 1. The van der Waals surface area contributed by atoms with E-state index in [1.54, 1.807) is 13.8 Å². The molecule has 1 rings (SSSR count). The van der Waals surface area contributed by atoms with Crippen molar-refractivity contribution in [2.75, 3.05) is 7.11 Å². The molecule has 0 bridgehead atoms. The maximum atomic E-state index is 11.1. The van der Waals surface area contributed by atoms with Crippen LogP contribution in [-0.2, 0) is 20.9 Å². The molecule has 0 aliphatic rings. The summed E-state index contributed by atoms with van der Waals surface area (Å²) < 4.78 is 16.3. The monoisotopic (exact) mass is 221 g/mol. The Morgan fingerprint density at radius 2 is 2.31 bits per heavy atom. The molecule has 0 aliphatic heterocycles. The SMILES string of the molecule is COS(=O)c1cnc(C(C)(C)O)s1. The van der Waals surface area contributed by atoms with Gasteiger partial charge in [-0.2, -0.15) is 0 Å². The third kappa shape index (κ3) is 2.57. The zero-order chi connectivity index (χ0) is 10.1. The lowest BCUT2D eigenvalue weighted by molar-refractivity contribution is 0.0783. The van der Waals surface area contributed by atoms with E-state index in [0.29, 0.717) is 9.22 Å². The van der Waals surface area contributed by atoms with Crippen molar-refractivity contribution >= 4 is 22.4 Å². The van der Waals surface area contributed by atoms with Crippen LogP contribution >= 0.6 is 11.3 Å². The van der Waals surface area contributed by atoms with E-state index in [9.17, 15) is 9.32 Å². The van der Waals surface area contributed by atoms with E-state index in [2.05, 4.69) is 9.17 Å². The molecule has 0 radical (unpaired) electrons. The molecule has 0 saturated carbocycles. The quantitative estimate of drug-likeness (QED) is 0.828. The molecule has 0 spiro atoms. The Morgan fingerprint density at radius 1 is 1.69 bits per heavy atom. The maximum absolute atomic E-state index is 11.1. The lowest BCUT2D eigenvalue weighted by atomic mass is 10.2. The Morgan fingerprint density at radius 3 is 2.69 bits per heavy atom. The lowest BCUT2D eigenvalue weighted by Gasteiger charge is -2.11. The van der Waals surface area contributed by atoms with E-state index in [0.717, 1.165) is 0 Å². The smallest absolute Gasteiger partial charge is 0.200 e. The van der Waals surface area contributed by atoms with E-state index >= 15 is 0 Å². The van der Waals surface area contributed by atoms with Crippen molar-refractivity contribution in [3.63, 3.8) is 0 Å². The van der Waals surface area contributed by atoms with E-state index in [-0.39, 0.29) is 0 Å². The first kappa shape index (κ1) is 10.8. The molecule has 1 unspecified atom stereocenters. The van der Waals surface area contributed by atoms with Gasteiger partial charge in [0.15, 0.2) is 0 Å². The molecule has 1 N–H and O–H groups in total. The molecule has 0 saturated heterocycles. The third-order valence-corrected chi connectivity index (χ3v) is 3.82. The van der Waals surface area contributed by atoms with Crippen molar-refractivity contribution in [3.8, 4) is 0 Å². The minimum atomic E-state index is -1.46. The highest BCUT2D eigenvalue weighted by Gasteiger charge is 2.21. The van der Waals surface area contributed by atoms with Crippen LogP contribution in [0.5, 0.6) is 0 Å². The van der Waals surface area contributed by atoms with Gasteiger partial charge in [0.25, 0.3) is 0 Å². The van der Waals surface area contributed by atoms with E-state index in [4.69, 9.17) is 0 Å². The summed E-state index contributed by atoms with van der Waals surface area (Å²) in [7, 11) is 1.36. The van der Waals surface area contributed by atoms with Crippen molar-refractivity contribution in [1.29, 1.82) is 0 Å². The van der Waals surface area contributed by atoms with Gasteiger partial charge in [-0.25, -0.2) is 9.19 Å². The van der Waals surface area contributed by atoms with Gasteiger partial charge >= 0.3 is 0 Å². The van der Waals surface area contributed by atoms with E-state index in [1.165, 1.54) is 24.6 Å². The molecule has 0 aromatic carbocycles. The van der Waals surface area contributed by atoms with Gasteiger partial charge in [-0.3, -0.25) is 4.18 Å². The van der Waals surface area contributed by atoms with Crippen LogP contribution in [0.3, 0.4) is 0 Å². The number of hydrogen-bond donors (Lipinski definition) is 1. The van der Waals surface area contributed by atoms with Crippen LogP contribution in [0.2, 0.25) is 0 Å². The Hall–Kier alpha value is -0.300. The highest BCUT2D eigenvalue weighted by Crippen LogP contribution is 2.26. The van der Waals surface area contributed by atoms with Gasteiger partial charge in [0.1, 0.15) is 14.8 Å². The Labute approximate surface area is 83.2 Å². The second-order valence-electron chi connectivity index (χ2n) is 2.94. The van der Waals surface area contributed by atoms with Crippen LogP contribution in [0, 0.1) is 0 Å². The largest absolute Gasteiger partial charge is 0.383 e.